The first-order chi connectivity index (χ1) is 14.1. The second-order valence-corrected chi connectivity index (χ2v) is 8.19. The van der Waals surface area contributed by atoms with Crippen LogP contribution in [0.4, 0.5) is 0 Å². The summed E-state index contributed by atoms with van der Waals surface area (Å²) in [6, 6.07) is 0. The van der Waals surface area contributed by atoms with E-state index in [0.29, 0.717) is 13.0 Å². The molecule has 0 aliphatic carbocycles. The molecule has 0 radical (unpaired) electrons. The second-order valence-electron chi connectivity index (χ2n) is 8.19. The maximum absolute atomic E-state index is 11.9. The van der Waals surface area contributed by atoms with Crippen LogP contribution in [0.1, 0.15) is 123 Å². The van der Waals surface area contributed by atoms with Gasteiger partial charge in [-0.3, -0.25) is 9.59 Å². The van der Waals surface area contributed by atoms with E-state index in [1.54, 1.807) is 0 Å². The molecular weight excluding hydrogens is 364 g/mol. The van der Waals surface area contributed by atoms with Gasteiger partial charge in [-0.2, -0.15) is 0 Å². The van der Waals surface area contributed by atoms with Crippen molar-refractivity contribution in [1.82, 2.24) is 0 Å². The number of carboxylic acids is 1. The number of hydrogen-bond donors (Lipinski definition) is 1. The van der Waals surface area contributed by atoms with Crippen LogP contribution in [-0.2, 0) is 14.3 Å². The van der Waals surface area contributed by atoms with Crippen LogP contribution < -0.4 is 0 Å². The average molecular weight is 411 g/mol. The van der Waals surface area contributed by atoms with E-state index in [1.165, 1.54) is 70.6 Å². The van der Waals surface area contributed by atoms with Gasteiger partial charge in [0.1, 0.15) is 0 Å². The van der Waals surface area contributed by atoms with Crippen LogP contribution in [0.3, 0.4) is 0 Å². The molecule has 170 valence electrons. The summed E-state index contributed by atoms with van der Waals surface area (Å²) in [5, 5.41) is 8.97. The second kappa shape index (κ2) is 21.4. The molecule has 0 aliphatic rings. The van der Waals surface area contributed by atoms with Crippen LogP contribution >= 0.6 is 0 Å². The summed E-state index contributed by atoms with van der Waals surface area (Å²) in [6.07, 6.45) is 23.5. The van der Waals surface area contributed by atoms with Crippen LogP contribution in [0.15, 0.2) is 12.2 Å². The van der Waals surface area contributed by atoms with Crippen molar-refractivity contribution in [2.24, 2.45) is 5.92 Å². The molecule has 0 saturated heterocycles. The number of esters is 1. The summed E-state index contributed by atoms with van der Waals surface area (Å²) >= 11 is 0. The molecule has 1 N–H and O–H groups in total. The van der Waals surface area contributed by atoms with Gasteiger partial charge < -0.3 is 9.84 Å². The van der Waals surface area contributed by atoms with Crippen molar-refractivity contribution in [2.45, 2.75) is 123 Å². The fourth-order valence-electron chi connectivity index (χ4n) is 3.48. The largest absolute Gasteiger partial charge is 0.481 e. The maximum atomic E-state index is 11.9. The lowest BCUT2D eigenvalue weighted by atomic mass is 9.98. The zero-order chi connectivity index (χ0) is 21.6. The lowest BCUT2D eigenvalue weighted by molar-refractivity contribution is -0.153. The van der Waals surface area contributed by atoms with Crippen molar-refractivity contribution in [3.63, 3.8) is 0 Å². The molecule has 0 aliphatic heterocycles. The number of unbranched alkanes of at least 4 members (excludes halogenated alkanes) is 12. The van der Waals surface area contributed by atoms with Gasteiger partial charge in [0.2, 0.25) is 0 Å². The van der Waals surface area contributed by atoms with Gasteiger partial charge in [0.05, 0.1) is 18.9 Å². The van der Waals surface area contributed by atoms with Gasteiger partial charge in [-0.1, -0.05) is 90.2 Å². The van der Waals surface area contributed by atoms with E-state index < -0.39 is 11.9 Å². The highest BCUT2D eigenvalue weighted by Crippen LogP contribution is 2.16. The number of rotatable bonds is 21. The minimum atomic E-state index is -0.935. The molecule has 0 rings (SSSR count). The van der Waals surface area contributed by atoms with E-state index >= 15 is 0 Å². The Hall–Kier alpha value is -1.32. The molecule has 1 atom stereocenters. The fourth-order valence-corrected chi connectivity index (χ4v) is 3.48. The van der Waals surface area contributed by atoms with E-state index in [4.69, 9.17) is 9.84 Å². The minimum Gasteiger partial charge on any atom is -0.481 e. The van der Waals surface area contributed by atoms with Gasteiger partial charge in [-0.15, -0.1) is 0 Å². The number of carbonyl (C=O) groups is 2. The molecular formula is C25H46O4. The lowest BCUT2D eigenvalue weighted by Crippen LogP contribution is -2.21. The number of ether oxygens (including phenoxy) is 1. The third kappa shape index (κ3) is 19.8. The van der Waals surface area contributed by atoms with E-state index in [2.05, 4.69) is 19.1 Å². The Labute approximate surface area is 179 Å². The van der Waals surface area contributed by atoms with Gasteiger partial charge in [0.15, 0.2) is 0 Å². The number of carbonyl (C=O) groups excluding carboxylic acids is 1. The van der Waals surface area contributed by atoms with Gasteiger partial charge >= 0.3 is 11.9 Å². The van der Waals surface area contributed by atoms with Crippen molar-refractivity contribution < 1.29 is 19.4 Å². The Kier molecular flexibility index (Phi) is 20.4. The first-order valence-electron chi connectivity index (χ1n) is 12.1. The van der Waals surface area contributed by atoms with E-state index in [1.807, 2.05) is 6.92 Å². The first-order valence-corrected chi connectivity index (χ1v) is 12.1. The van der Waals surface area contributed by atoms with Crippen molar-refractivity contribution in [2.75, 3.05) is 6.61 Å². The lowest BCUT2D eigenvalue weighted by Gasteiger charge is -2.13. The Morgan fingerprint density at radius 1 is 0.759 bits per heavy atom. The Balaban J connectivity index is 3.59. The molecule has 0 bridgehead atoms. The van der Waals surface area contributed by atoms with Crippen molar-refractivity contribution in [3.8, 4) is 0 Å². The van der Waals surface area contributed by atoms with E-state index in [-0.39, 0.29) is 12.4 Å². The van der Waals surface area contributed by atoms with Gasteiger partial charge in [0, 0.05) is 0 Å². The molecule has 1 unspecified atom stereocenters. The first kappa shape index (κ1) is 27.7. The molecule has 0 aromatic rings. The molecule has 0 spiro atoms. The summed E-state index contributed by atoms with van der Waals surface area (Å²) in [6.45, 7) is 4.56. The van der Waals surface area contributed by atoms with Gasteiger partial charge in [-0.05, 0) is 38.5 Å². The standard InChI is InChI=1S/C25H46O4/c1-3-5-6-7-8-9-10-11-12-13-14-15-16-17-18-19-20-23(22-24(26)27)25(28)29-21-4-2/h16-17,23H,3-15,18-22H2,1-2H3,(H,26,27)/b17-16+. The zero-order valence-corrected chi connectivity index (χ0v) is 19.1. The molecule has 0 aromatic heterocycles. The summed E-state index contributed by atoms with van der Waals surface area (Å²) in [7, 11) is 0. The van der Waals surface area contributed by atoms with Gasteiger partial charge in [-0.25, -0.2) is 0 Å². The van der Waals surface area contributed by atoms with Crippen LogP contribution in [0.25, 0.3) is 0 Å². The van der Waals surface area contributed by atoms with Crippen LogP contribution in [0.2, 0.25) is 0 Å². The number of aliphatic carboxylic acids is 1. The summed E-state index contributed by atoms with van der Waals surface area (Å²) in [5.74, 6) is -1.81. The molecule has 4 heteroatoms. The molecule has 29 heavy (non-hydrogen) atoms. The maximum Gasteiger partial charge on any atom is 0.309 e. The van der Waals surface area contributed by atoms with Crippen LogP contribution in [0.5, 0.6) is 0 Å². The SMILES string of the molecule is CCCCCCCCCCCCC/C=C/CCCC(CC(=O)O)C(=O)OCCC. The molecule has 4 nitrogen and oxygen atoms in total. The number of hydrogen-bond acceptors (Lipinski definition) is 3. The fraction of sp³-hybridized carbons (Fsp3) is 0.840. The third-order valence-electron chi connectivity index (χ3n) is 5.27. The number of carboxylic acid groups (broad SMARTS) is 1. The predicted molar refractivity (Wildman–Crippen MR) is 121 cm³/mol. The minimum absolute atomic E-state index is 0.134. The van der Waals surface area contributed by atoms with Crippen molar-refractivity contribution >= 4 is 11.9 Å². The topological polar surface area (TPSA) is 63.6 Å². The van der Waals surface area contributed by atoms with E-state index in [0.717, 1.165) is 25.7 Å². The Morgan fingerprint density at radius 2 is 1.28 bits per heavy atom. The van der Waals surface area contributed by atoms with Crippen molar-refractivity contribution in [3.05, 3.63) is 12.2 Å². The monoisotopic (exact) mass is 410 g/mol. The highest BCUT2D eigenvalue weighted by atomic mass is 16.5. The normalized spacial score (nSPS) is 12.3. The molecule has 0 amide bonds. The summed E-state index contributed by atoms with van der Waals surface area (Å²) in [4.78, 5) is 22.9. The Morgan fingerprint density at radius 3 is 1.79 bits per heavy atom. The molecule has 0 saturated carbocycles. The quantitative estimate of drug-likeness (QED) is 0.121. The molecule has 0 heterocycles. The van der Waals surface area contributed by atoms with Gasteiger partial charge in [0.25, 0.3) is 0 Å². The summed E-state index contributed by atoms with van der Waals surface area (Å²) < 4.78 is 5.11. The smallest absolute Gasteiger partial charge is 0.309 e. The van der Waals surface area contributed by atoms with Crippen LogP contribution in [-0.4, -0.2) is 23.7 Å². The van der Waals surface area contributed by atoms with Crippen LogP contribution in [0, 0.1) is 5.92 Å². The zero-order valence-electron chi connectivity index (χ0n) is 19.1. The third-order valence-corrected chi connectivity index (χ3v) is 5.27. The summed E-state index contributed by atoms with van der Waals surface area (Å²) in [5.41, 5.74) is 0. The highest BCUT2D eigenvalue weighted by Gasteiger charge is 2.22. The highest BCUT2D eigenvalue weighted by molar-refractivity contribution is 5.79. The Bertz CT molecular complexity index is 417. The molecule has 0 aromatic carbocycles. The number of allylic oxidation sites excluding steroid dienone is 2. The predicted octanol–water partition coefficient (Wildman–Crippen LogP) is 7.46. The van der Waals surface area contributed by atoms with E-state index in [9.17, 15) is 9.59 Å². The average Bonchev–Trinajstić information content (AvgIpc) is 2.70. The van der Waals surface area contributed by atoms with Crippen molar-refractivity contribution in [1.29, 1.82) is 0 Å². The molecule has 0 fully saturated rings.